The summed E-state index contributed by atoms with van der Waals surface area (Å²) in [4.78, 5) is 30.2. The lowest BCUT2D eigenvalue weighted by molar-refractivity contribution is 0.0919. The molecule has 38 heavy (non-hydrogen) atoms. The van der Waals surface area contributed by atoms with E-state index in [-0.39, 0.29) is 23.2 Å². The van der Waals surface area contributed by atoms with Gasteiger partial charge >= 0.3 is 11.8 Å². The lowest BCUT2D eigenvalue weighted by Gasteiger charge is -2.43. The van der Waals surface area contributed by atoms with Crippen LogP contribution in [0.25, 0.3) is 17.1 Å². The van der Waals surface area contributed by atoms with Gasteiger partial charge in [-0.3, -0.25) is 4.90 Å². The van der Waals surface area contributed by atoms with E-state index in [0.717, 1.165) is 44.7 Å². The number of hydrogen-bond donors (Lipinski definition) is 4. The monoisotopic (exact) mass is 522 g/mol. The van der Waals surface area contributed by atoms with Gasteiger partial charge in [0.05, 0.1) is 11.3 Å². The summed E-state index contributed by atoms with van der Waals surface area (Å²) in [5.41, 5.74) is 2.27. The summed E-state index contributed by atoms with van der Waals surface area (Å²) in [6.07, 6.45) is 0.914. The van der Waals surface area contributed by atoms with Gasteiger partial charge in [0.25, 0.3) is 0 Å². The number of carbonyl (C=O) groups is 1. The van der Waals surface area contributed by atoms with Crippen LogP contribution in [0.3, 0.4) is 0 Å². The van der Waals surface area contributed by atoms with Gasteiger partial charge in [0.2, 0.25) is 0 Å². The second-order valence-corrected chi connectivity index (χ2v) is 10.3. The molecule has 0 aliphatic carbocycles. The number of benzene rings is 2. The molecule has 2 aliphatic heterocycles. The molecule has 2 aromatic carbocycles. The predicted octanol–water partition coefficient (Wildman–Crippen LogP) is 3.03. The number of nitrogens with zero attached hydrogens (tertiary/aromatic N) is 5. The zero-order valence-corrected chi connectivity index (χ0v) is 21.7. The summed E-state index contributed by atoms with van der Waals surface area (Å²) < 4.78 is 1.42. The highest BCUT2D eigenvalue weighted by Gasteiger charge is 2.29. The van der Waals surface area contributed by atoms with Crippen molar-refractivity contribution < 1.29 is 20.1 Å². The first-order valence-corrected chi connectivity index (χ1v) is 13.0. The molecule has 0 bridgehead atoms. The third-order valence-electron chi connectivity index (χ3n) is 7.72. The third kappa shape index (κ3) is 4.93. The minimum atomic E-state index is -0.832. The Kier molecular flexibility index (Phi) is 7.02. The van der Waals surface area contributed by atoms with Gasteiger partial charge in [-0.2, -0.15) is 5.10 Å². The second-order valence-electron chi connectivity index (χ2n) is 10.3. The first kappa shape index (κ1) is 25.7. The van der Waals surface area contributed by atoms with E-state index in [9.17, 15) is 24.9 Å². The number of aromatic hydroxyl groups is 2. The molecule has 11 nitrogen and oxygen atoms in total. The Labute approximate surface area is 220 Å². The minimum absolute atomic E-state index is 0.000790. The number of carboxylic acid groups (broad SMARTS) is 1. The number of piperidine rings is 1. The number of aromatic amines is 1. The van der Waals surface area contributed by atoms with E-state index in [1.165, 1.54) is 15.5 Å². The van der Waals surface area contributed by atoms with Gasteiger partial charge in [-0.25, -0.2) is 19.3 Å². The summed E-state index contributed by atoms with van der Waals surface area (Å²) in [6, 6.07) is 11.1. The van der Waals surface area contributed by atoms with Crippen LogP contribution >= 0.6 is 0 Å². The fourth-order valence-corrected chi connectivity index (χ4v) is 5.53. The van der Waals surface area contributed by atoms with E-state index in [1.54, 1.807) is 6.07 Å². The van der Waals surface area contributed by atoms with E-state index in [0.29, 0.717) is 35.9 Å². The van der Waals surface area contributed by atoms with Crippen molar-refractivity contribution in [2.45, 2.75) is 38.6 Å². The molecule has 3 aromatic rings. The highest BCUT2D eigenvalue weighted by atomic mass is 16.4. The average Bonchev–Trinajstić information content (AvgIpc) is 3.29. The fourth-order valence-electron chi connectivity index (χ4n) is 5.53. The van der Waals surface area contributed by atoms with E-state index >= 15 is 0 Å². The molecule has 1 aromatic heterocycles. The lowest BCUT2D eigenvalue weighted by atomic mass is 9.98. The molecular formula is C27H34N6O5. The van der Waals surface area contributed by atoms with Gasteiger partial charge < -0.3 is 25.1 Å². The maximum absolute atomic E-state index is 12.7. The van der Waals surface area contributed by atoms with Crippen LogP contribution in [0.2, 0.25) is 0 Å². The van der Waals surface area contributed by atoms with Crippen LogP contribution in [0.15, 0.2) is 41.2 Å². The number of anilines is 1. The molecule has 202 valence electrons. The summed E-state index contributed by atoms with van der Waals surface area (Å²) >= 11 is 0. The Bertz CT molecular complexity index is 1350. The van der Waals surface area contributed by atoms with E-state index in [4.69, 9.17) is 0 Å². The van der Waals surface area contributed by atoms with Crippen molar-refractivity contribution in [1.29, 1.82) is 0 Å². The van der Waals surface area contributed by atoms with Crippen molar-refractivity contribution in [2.24, 2.45) is 0 Å². The molecule has 2 fully saturated rings. The van der Waals surface area contributed by atoms with Crippen LogP contribution in [0.1, 0.15) is 38.2 Å². The smallest absolute Gasteiger partial charge is 0.407 e. The number of piperazine rings is 1. The van der Waals surface area contributed by atoms with Crippen LogP contribution in [-0.2, 0) is 0 Å². The Hall–Kier alpha value is -3.99. The standard InChI is InChI=1S/C27H34N6O5/c1-17(2)21-15-22(24(35)16-23(21)34)25-28-29-26(36)33(25)20-5-3-18(4-6-20)30-11-13-31(14-12-30)19-7-9-32(10-8-19)27(37)38/h3-6,15-17,19,34-35H,7-14H2,1-2H3,(H,29,36)(H,37,38). The van der Waals surface area contributed by atoms with Crippen molar-refractivity contribution in [2.75, 3.05) is 44.2 Å². The number of H-pyrrole nitrogens is 1. The normalized spacial score (nSPS) is 17.3. The molecule has 2 aliphatic rings. The number of nitrogens with one attached hydrogen (secondary N) is 1. The van der Waals surface area contributed by atoms with Crippen LogP contribution < -0.4 is 10.6 Å². The topological polar surface area (TPSA) is 138 Å². The largest absolute Gasteiger partial charge is 0.508 e. The molecule has 0 unspecified atom stereocenters. The minimum Gasteiger partial charge on any atom is -0.508 e. The van der Waals surface area contributed by atoms with Crippen molar-refractivity contribution in [3.05, 3.63) is 52.4 Å². The number of aromatic nitrogens is 3. The second kappa shape index (κ2) is 10.4. The lowest BCUT2D eigenvalue weighted by Crippen LogP contribution is -2.53. The van der Waals surface area contributed by atoms with Crippen LogP contribution in [0, 0.1) is 0 Å². The number of hydrogen-bond acceptors (Lipinski definition) is 7. The molecule has 3 heterocycles. The SMILES string of the molecule is CC(C)c1cc(-c2n[nH]c(=O)n2-c2ccc(N3CCN(C4CCN(C(=O)O)CC4)CC3)cc2)c(O)cc1O. The zero-order chi connectivity index (χ0) is 27.0. The van der Waals surface area contributed by atoms with Crippen LogP contribution in [-0.4, -0.2) is 91.3 Å². The number of rotatable bonds is 5. The molecule has 11 heteroatoms. The highest BCUT2D eigenvalue weighted by Crippen LogP contribution is 2.37. The van der Waals surface area contributed by atoms with Crippen LogP contribution in [0.4, 0.5) is 10.5 Å². The van der Waals surface area contributed by atoms with Gasteiger partial charge in [0, 0.05) is 57.1 Å². The summed E-state index contributed by atoms with van der Waals surface area (Å²) in [5.74, 6) is 0.131. The van der Waals surface area contributed by atoms with Gasteiger partial charge in [0.1, 0.15) is 11.5 Å². The van der Waals surface area contributed by atoms with Crippen molar-refractivity contribution in [3.8, 4) is 28.6 Å². The Balaban J connectivity index is 1.30. The first-order valence-electron chi connectivity index (χ1n) is 13.0. The van der Waals surface area contributed by atoms with E-state index < -0.39 is 11.8 Å². The van der Waals surface area contributed by atoms with Gasteiger partial charge in [-0.15, -0.1) is 0 Å². The zero-order valence-electron chi connectivity index (χ0n) is 21.7. The average molecular weight is 523 g/mol. The molecular weight excluding hydrogens is 488 g/mol. The molecule has 0 atom stereocenters. The third-order valence-corrected chi connectivity index (χ3v) is 7.72. The van der Waals surface area contributed by atoms with Crippen LogP contribution in [0.5, 0.6) is 11.5 Å². The summed E-state index contributed by atoms with van der Waals surface area (Å²) in [5, 5.41) is 36.6. The Morgan fingerprint density at radius 2 is 1.58 bits per heavy atom. The molecule has 2 saturated heterocycles. The maximum Gasteiger partial charge on any atom is 0.407 e. The summed E-state index contributed by atoms with van der Waals surface area (Å²) in [6.45, 7) is 8.65. The first-order chi connectivity index (χ1) is 18.2. The quantitative estimate of drug-likeness (QED) is 0.401. The number of likely N-dealkylation sites (tertiary alicyclic amines) is 1. The van der Waals surface area contributed by atoms with Gasteiger partial charge in [-0.05, 0) is 54.7 Å². The fraction of sp³-hybridized carbons (Fsp3) is 0.444. The Morgan fingerprint density at radius 1 is 0.947 bits per heavy atom. The van der Waals surface area contributed by atoms with E-state index in [2.05, 4.69) is 20.0 Å². The van der Waals surface area contributed by atoms with Gasteiger partial charge in [0.15, 0.2) is 5.82 Å². The van der Waals surface area contributed by atoms with Crippen molar-refractivity contribution >= 4 is 11.8 Å². The van der Waals surface area contributed by atoms with Crippen molar-refractivity contribution in [3.63, 3.8) is 0 Å². The maximum atomic E-state index is 12.7. The van der Waals surface area contributed by atoms with Gasteiger partial charge in [-0.1, -0.05) is 13.8 Å². The molecule has 0 spiro atoms. The highest BCUT2D eigenvalue weighted by molar-refractivity contribution is 5.69. The number of phenolic OH excluding ortho intramolecular Hbond substituents is 2. The number of amides is 1. The number of phenols is 2. The molecule has 0 saturated carbocycles. The van der Waals surface area contributed by atoms with Crippen molar-refractivity contribution in [1.82, 2.24) is 24.6 Å². The molecule has 0 radical (unpaired) electrons. The predicted molar refractivity (Wildman–Crippen MR) is 143 cm³/mol. The molecule has 4 N–H and O–H groups in total. The molecule has 5 rings (SSSR count). The summed E-state index contributed by atoms with van der Waals surface area (Å²) in [7, 11) is 0. The molecule has 1 amide bonds. The Morgan fingerprint density at radius 3 is 2.18 bits per heavy atom. The van der Waals surface area contributed by atoms with E-state index in [1.807, 2.05) is 38.1 Å².